The van der Waals surface area contributed by atoms with Gasteiger partial charge in [-0.2, -0.15) is 0 Å². The standard InChI is InChI=1S/C17H26N4O2/c1-14(2)19-17(23)16(22)18-8-9-20-10-12-21(13-11-20)15-6-4-3-5-7-15/h3-7,14H,8-13H2,1-2H3,(H,18,22)(H,19,23). The molecule has 0 unspecified atom stereocenters. The van der Waals surface area contributed by atoms with Crippen LogP contribution in [0.1, 0.15) is 13.8 Å². The molecule has 2 amide bonds. The van der Waals surface area contributed by atoms with Crippen LogP contribution in [0, 0.1) is 0 Å². The molecule has 2 rings (SSSR count). The number of nitrogens with one attached hydrogen (secondary N) is 2. The molecule has 1 aliphatic heterocycles. The quantitative estimate of drug-likeness (QED) is 0.774. The summed E-state index contributed by atoms with van der Waals surface area (Å²) in [6, 6.07) is 10.4. The third-order valence-corrected chi connectivity index (χ3v) is 3.83. The van der Waals surface area contributed by atoms with E-state index in [9.17, 15) is 9.59 Å². The van der Waals surface area contributed by atoms with Crippen molar-refractivity contribution in [2.75, 3.05) is 44.2 Å². The highest BCUT2D eigenvalue weighted by Gasteiger charge is 2.18. The Morgan fingerprint density at radius 1 is 1.04 bits per heavy atom. The van der Waals surface area contributed by atoms with Gasteiger partial charge in [-0.1, -0.05) is 18.2 Å². The largest absolute Gasteiger partial charge is 0.369 e. The van der Waals surface area contributed by atoms with Gasteiger partial charge in [-0.25, -0.2) is 0 Å². The highest BCUT2D eigenvalue weighted by Crippen LogP contribution is 2.15. The van der Waals surface area contributed by atoms with Crippen molar-refractivity contribution < 1.29 is 9.59 Å². The van der Waals surface area contributed by atoms with Crippen molar-refractivity contribution in [1.29, 1.82) is 0 Å². The van der Waals surface area contributed by atoms with Gasteiger partial charge in [0.1, 0.15) is 0 Å². The van der Waals surface area contributed by atoms with Crippen LogP contribution in [0.4, 0.5) is 5.69 Å². The van der Waals surface area contributed by atoms with Crippen molar-refractivity contribution >= 4 is 17.5 Å². The monoisotopic (exact) mass is 318 g/mol. The maximum absolute atomic E-state index is 11.6. The highest BCUT2D eigenvalue weighted by atomic mass is 16.2. The summed E-state index contributed by atoms with van der Waals surface area (Å²) in [5.74, 6) is -1.12. The zero-order valence-corrected chi connectivity index (χ0v) is 13.9. The van der Waals surface area contributed by atoms with Crippen LogP contribution < -0.4 is 15.5 Å². The molecule has 1 heterocycles. The molecule has 0 bridgehead atoms. The Kier molecular flexibility index (Phi) is 6.40. The van der Waals surface area contributed by atoms with Crippen molar-refractivity contribution in [3.63, 3.8) is 0 Å². The molecule has 0 radical (unpaired) electrons. The van der Waals surface area contributed by atoms with Gasteiger partial charge in [0, 0.05) is 51.0 Å². The van der Waals surface area contributed by atoms with E-state index in [4.69, 9.17) is 0 Å². The van der Waals surface area contributed by atoms with Crippen LogP contribution in [0.5, 0.6) is 0 Å². The van der Waals surface area contributed by atoms with Crippen LogP contribution in [0.2, 0.25) is 0 Å². The lowest BCUT2D eigenvalue weighted by atomic mass is 10.2. The van der Waals surface area contributed by atoms with Gasteiger partial charge in [0.25, 0.3) is 0 Å². The lowest BCUT2D eigenvalue weighted by Gasteiger charge is -2.36. The molecule has 1 aromatic rings. The number of piperazine rings is 1. The van der Waals surface area contributed by atoms with Crippen molar-refractivity contribution in [3.05, 3.63) is 30.3 Å². The first-order chi connectivity index (χ1) is 11.1. The Bertz CT molecular complexity index is 511. The number of carbonyl (C=O) groups is 2. The van der Waals surface area contributed by atoms with Gasteiger partial charge >= 0.3 is 11.8 Å². The number of nitrogens with zero attached hydrogens (tertiary/aromatic N) is 2. The fourth-order valence-electron chi connectivity index (χ4n) is 2.60. The molecule has 1 aliphatic rings. The van der Waals surface area contributed by atoms with E-state index in [1.165, 1.54) is 5.69 Å². The molecular weight excluding hydrogens is 292 g/mol. The van der Waals surface area contributed by atoms with E-state index in [1.807, 2.05) is 19.9 Å². The Balaban J connectivity index is 1.65. The number of anilines is 1. The SMILES string of the molecule is CC(C)NC(=O)C(=O)NCCN1CCN(c2ccccc2)CC1. The lowest BCUT2D eigenvalue weighted by molar-refractivity contribution is -0.139. The molecule has 0 spiro atoms. The molecule has 1 saturated heterocycles. The molecule has 0 saturated carbocycles. The van der Waals surface area contributed by atoms with Crippen LogP contribution in [0.3, 0.4) is 0 Å². The Hall–Kier alpha value is -2.08. The minimum atomic E-state index is -0.561. The molecule has 1 aromatic carbocycles. The van der Waals surface area contributed by atoms with Gasteiger partial charge in [0.2, 0.25) is 0 Å². The number of carbonyl (C=O) groups excluding carboxylic acids is 2. The van der Waals surface area contributed by atoms with Gasteiger partial charge in [-0.3, -0.25) is 14.5 Å². The van der Waals surface area contributed by atoms with Crippen LogP contribution in [-0.4, -0.2) is 62.0 Å². The van der Waals surface area contributed by atoms with E-state index in [2.05, 4.69) is 44.7 Å². The fourth-order valence-corrected chi connectivity index (χ4v) is 2.60. The summed E-state index contributed by atoms with van der Waals surface area (Å²) in [7, 11) is 0. The molecule has 0 aromatic heterocycles. The van der Waals surface area contributed by atoms with E-state index in [-0.39, 0.29) is 6.04 Å². The Morgan fingerprint density at radius 3 is 2.30 bits per heavy atom. The second-order valence-corrected chi connectivity index (χ2v) is 6.05. The summed E-state index contributed by atoms with van der Waals surface area (Å²) in [6.45, 7) is 8.80. The molecular formula is C17H26N4O2. The van der Waals surface area contributed by atoms with E-state index in [0.717, 1.165) is 32.7 Å². The number of benzene rings is 1. The molecule has 6 nitrogen and oxygen atoms in total. The molecule has 23 heavy (non-hydrogen) atoms. The smallest absolute Gasteiger partial charge is 0.309 e. The Morgan fingerprint density at radius 2 is 1.70 bits per heavy atom. The predicted molar refractivity (Wildman–Crippen MR) is 91.4 cm³/mol. The minimum Gasteiger partial charge on any atom is -0.369 e. The maximum Gasteiger partial charge on any atom is 0.309 e. The van der Waals surface area contributed by atoms with Crippen LogP contribution in [-0.2, 0) is 9.59 Å². The van der Waals surface area contributed by atoms with Gasteiger partial charge in [-0.15, -0.1) is 0 Å². The fraction of sp³-hybridized carbons (Fsp3) is 0.529. The molecule has 0 aliphatic carbocycles. The molecule has 6 heteroatoms. The van der Waals surface area contributed by atoms with Crippen molar-refractivity contribution in [1.82, 2.24) is 15.5 Å². The van der Waals surface area contributed by atoms with Crippen molar-refractivity contribution in [2.24, 2.45) is 0 Å². The van der Waals surface area contributed by atoms with Crippen molar-refractivity contribution in [2.45, 2.75) is 19.9 Å². The summed E-state index contributed by atoms with van der Waals surface area (Å²) in [4.78, 5) is 27.8. The van der Waals surface area contributed by atoms with Crippen LogP contribution in [0.25, 0.3) is 0 Å². The first kappa shape index (κ1) is 17.3. The normalized spacial score (nSPS) is 15.5. The van der Waals surface area contributed by atoms with Gasteiger partial charge in [-0.05, 0) is 26.0 Å². The van der Waals surface area contributed by atoms with E-state index in [1.54, 1.807) is 0 Å². The van der Waals surface area contributed by atoms with E-state index < -0.39 is 11.8 Å². The van der Waals surface area contributed by atoms with Crippen LogP contribution >= 0.6 is 0 Å². The predicted octanol–water partition coefficient (Wildman–Crippen LogP) is 0.449. The average molecular weight is 318 g/mol. The first-order valence-electron chi connectivity index (χ1n) is 8.17. The molecule has 0 atom stereocenters. The topological polar surface area (TPSA) is 64.7 Å². The summed E-state index contributed by atoms with van der Waals surface area (Å²) in [6.07, 6.45) is 0. The van der Waals surface area contributed by atoms with Gasteiger partial charge < -0.3 is 15.5 Å². The number of rotatable bonds is 5. The summed E-state index contributed by atoms with van der Waals surface area (Å²) in [5, 5.41) is 5.26. The zero-order chi connectivity index (χ0) is 16.7. The van der Waals surface area contributed by atoms with Gasteiger partial charge in [0.15, 0.2) is 0 Å². The number of amides is 2. The number of hydrogen-bond acceptors (Lipinski definition) is 4. The number of para-hydroxylation sites is 1. The third kappa shape index (κ3) is 5.56. The third-order valence-electron chi connectivity index (χ3n) is 3.83. The average Bonchev–Trinajstić information content (AvgIpc) is 2.55. The number of hydrogen-bond donors (Lipinski definition) is 2. The highest BCUT2D eigenvalue weighted by molar-refractivity contribution is 6.35. The minimum absolute atomic E-state index is 0.0284. The maximum atomic E-state index is 11.6. The summed E-state index contributed by atoms with van der Waals surface area (Å²) >= 11 is 0. The lowest BCUT2D eigenvalue weighted by Crippen LogP contribution is -2.49. The summed E-state index contributed by atoms with van der Waals surface area (Å²) in [5.41, 5.74) is 1.26. The Labute approximate surface area is 137 Å². The molecule has 2 N–H and O–H groups in total. The zero-order valence-electron chi connectivity index (χ0n) is 13.9. The molecule has 126 valence electrons. The van der Waals surface area contributed by atoms with E-state index >= 15 is 0 Å². The second-order valence-electron chi connectivity index (χ2n) is 6.05. The van der Waals surface area contributed by atoms with Crippen LogP contribution in [0.15, 0.2) is 30.3 Å². The molecule has 1 fully saturated rings. The first-order valence-corrected chi connectivity index (χ1v) is 8.17. The van der Waals surface area contributed by atoms with E-state index in [0.29, 0.717) is 6.54 Å². The van der Waals surface area contributed by atoms with Crippen molar-refractivity contribution in [3.8, 4) is 0 Å². The van der Waals surface area contributed by atoms with Gasteiger partial charge in [0.05, 0.1) is 0 Å². The second kappa shape index (κ2) is 8.53. The summed E-state index contributed by atoms with van der Waals surface area (Å²) < 4.78 is 0.